The lowest BCUT2D eigenvalue weighted by molar-refractivity contribution is 0.0884. The van der Waals surface area contributed by atoms with Gasteiger partial charge >= 0.3 is 0 Å². The predicted molar refractivity (Wildman–Crippen MR) is 247 cm³/mol. The second-order valence-electron chi connectivity index (χ2n) is 19.8. The van der Waals surface area contributed by atoms with E-state index in [1.54, 1.807) is 44.5 Å². The van der Waals surface area contributed by atoms with Gasteiger partial charge in [0.05, 0.1) is 11.4 Å². The van der Waals surface area contributed by atoms with E-state index in [0.717, 1.165) is 54.9 Å². The smallest absolute Gasteiger partial charge is 0.136 e. The van der Waals surface area contributed by atoms with E-state index in [-0.39, 0.29) is 34.7 Å². The van der Waals surface area contributed by atoms with Crippen molar-refractivity contribution < 1.29 is 4.74 Å². The number of allylic oxidation sites excluding steroid dienone is 12. The molecule has 0 amide bonds. The highest BCUT2D eigenvalue weighted by atomic mass is 16.5. The van der Waals surface area contributed by atoms with Crippen LogP contribution in [0.25, 0.3) is 28.0 Å². The van der Waals surface area contributed by atoms with Gasteiger partial charge in [0, 0.05) is 46.1 Å². The van der Waals surface area contributed by atoms with Gasteiger partial charge < -0.3 is 4.74 Å². The highest BCUT2D eigenvalue weighted by molar-refractivity contribution is 5.96. The highest BCUT2D eigenvalue weighted by Crippen LogP contribution is 2.64. The molecule has 1 aromatic heterocycles. The summed E-state index contributed by atoms with van der Waals surface area (Å²) in [5.74, 6) is 2.71. The second kappa shape index (κ2) is 14.1. The maximum atomic E-state index is 7.15. The Hall–Kier alpha value is -5.28. The van der Waals surface area contributed by atoms with Crippen molar-refractivity contribution in [2.24, 2.45) is 5.92 Å². The minimum Gasteiger partial charge on any atom is -0.493 e. The van der Waals surface area contributed by atoms with E-state index in [4.69, 9.17) is 14.7 Å². The van der Waals surface area contributed by atoms with Gasteiger partial charge in [-0.1, -0.05) is 147 Å². The summed E-state index contributed by atoms with van der Waals surface area (Å²) in [6.45, 7) is 0. The molecule has 2 saturated carbocycles. The molecule has 4 atom stereocenters. The van der Waals surface area contributed by atoms with E-state index in [9.17, 15) is 0 Å². The average Bonchev–Trinajstić information content (AvgIpc) is 3.93. The molecule has 0 radical (unpaired) electrons. The molecule has 3 heteroatoms. The fourth-order valence-electron chi connectivity index (χ4n) is 14.0. The highest BCUT2D eigenvalue weighted by Gasteiger charge is 2.51. The van der Waals surface area contributed by atoms with Crippen molar-refractivity contribution in [3.8, 4) is 22.4 Å². The predicted octanol–water partition coefficient (Wildman–Crippen LogP) is 14.4. The number of nitrogens with zero attached hydrogens (tertiary/aromatic N) is 2. The molecule has 0 saturated heterocycles. The molecule has 2 fully saturated rings. The Morgan fingerprint density at radius 1 is 0.639 bits per heavy atom. The van der Waals surface area contributed by atoms with Crippen molar-refractivity contribution >= 4 is 5.57 Å². The molecule has 3 nitrogen and oxygen atoms in total. The van der Waals surface area contributed by atoms with Crippen LogP contribution in [-0.2, 0) is 15.6 Å². The largest absolute Gasteiger partial charge is 0.493 e. The van der Waals surface area contributed by atoms with Crippen molar-refractivity contribution in [3.63, 3.8) is 0 Å². The molecule has 4 unspecified atom stereocenters. The van der Waals surface area contributed by atoms with Crippen LogP contribution in [0.3, 0.4) is 0 Å². The van der Waals surface area contributed by atoms with E-state index in [1.165, 1.54) is 93.1 Å². The standard InChI is InChI=1S/C58H56N2O/c1-5-17-37(18-6-1)51-36-52(60-56(59-51)38-19-7-2-8-20-38)43-24-15-23-42-45-33-39(27-28-53(45)61-55(42)43)40-22-16-26-48-54(40)46-35-49-44(34-50(46)58(48)31-13-4-14-32-58)41-21-9-10-25-47(41)57(49)29-11-3-12-30-57/h1-2,5-10,15,17-19,21-23,25,33-36,38,42-43,55H,3-4,11-14,16,20,24,26-32H2. The molecule has 0 N–H and O–H groups in total. The van der Waals surface area contributed by atoms with Gasteiger partial charge in [0.2, 0.25) is 0 Å². The summed E-state index contributed by atoms with van der Waals surface area (Å²) in [7, 11) is 0. The number of ether oxygens (including phenoxy) is 1. The molecule has 61 heavy (non-hydrogen) atoms. The summed E-state index contributed by atoms with van der Waals surface area (Å²) in [5.41, 5.74) is 21.1. The number of hydrogen-bond acceptors (Lipinski definition) is 3. The van der Waals surface area contributed by atoms with Gasteiger partial charge in [-0.25, -0.2) is 9.97 Å². The number of hydrogen-bond donors (Lipinski definition) is 0. The number of fused-ring (bicyclic) bond motifs is 11. The van der Waals surface area contributed by atoms with E-state index in [1.807, 2.05) is 0 Å². The molecule has 2 heterocycles. The normalized spacial score (nSPS) is 27.2. The lowest BCUT2D eigenvalue weighted by Gasteiger charge is -2.39. The molecule has 4 aromatic rings. The van der Waals surface area contributed by atoms with Gasteiger partial charge in [0.1, 0.15) is 17.7 Å². The monoisotopic (exact) mass is 796 g/mol. The zero-order chi connectivity index (χ0) is 40.1. The van der Waals surface area contributed by atoms with Crippen molar-refractivity contribution in [1.29, 1.82) is 0 Å². The van der Waals surface area contributed by atoms with Gasteiger partial charge in [-0.3, -0.25) is 0 Å². The molecular formula is C58H56N2O. The third-order valence-electron chi connectivity index (χ3n) is 16.8. The molecule has 13 rings (SSSR count). The van der Waals surface area contributed by atoms with Crippen LogP contribution in [0.2, 0.25) is 0 Å². The van der Waals surface area contributed by atoms with Crippen LogP contribution in [0.1, 0.15) is 148 Å². The van der Waals surface area contributed by atoms with Gasteiger partial charge in [-0.15, -0.1) is 0 Å². The minimum absolute atomic E-state index is 0.0440. The zero-order valence-electron chi connectivity index (χ0n) is 35.5. The van der Waals surface area contributed by atoms with Crippen LogP contribution >= 0.6 is 0 Å². The second-order valence-corrected chi connectivity index (χ2v) is 19.8. The van der Waals surface area contributed by atoms with E-state index < -0.39 is 0 Å². The maximum Gasteiger partial charge on any atom is 0.136 e. The Morgan fingerprint density at radius 3 is 2.26 bits per heavy atom. The Balaban J connectivity index is 0.881. The fraction of sp³-hybridized carbons (Fsp3) is 0.379. The van der Waals surface area contributed by atoms with Crippen molar-refractivity contribution in [3.05, 3.63) is 183 Å². The number of rotatable bonds is 4. The van der Waals surface area contributed by atoms with Crippen LogP contribution in [0.4, 0.5) is 0 Å². The Bertz CT molecular complexity index is 2700. The number of benzene rings is 3. The average molecular weight is 797 g/mol. The van der Waals surface area contributed by atoms with Gasteiger partial charge in [0.15, 0.2) is 0 Å². The Kier molecular flexibility index (Phi) is 8.43. The molecule has 3 aromatic carbocycles. The van der Waals surface area contributed by atoms with Crippen LogP contribution in [0.5, 0.6) is 0 Å². The molecule has 304 valence electrons. The summed E-state index contributed by atoms with van der Waals surface area (Å²) < 4.78 is 7.15. The fourth-order valence-corrected chi connectivity index (χ4v) is 14.0. The topological polar surface area (TPSA) is 35.0 Å². The lowest BCUT2D eigenvalue weighted by Crippen LogP contribution is -2.30. The molecule has 0 bridgehead atoms. The first-order valence-electron chi connectivity index (χ1n) is 24.0. The van der Waals surface area contributed by atoms with Gasteiger partial charge in [-0.2, -0.15) is 0 Å². The quantitative estimate of drug-likeness (QED) is 0.193. The van der Waals surface area contributed by atoms with E-state index >= 15 is 0 Å². The van der Waals surface area contributed by atoms with Crippen LogP contribution < -0.4 is 0 Å². The summed E-state index contributed by atoms with van der Waals surface area (Å²) in [5, 5.41) is 0. The Morgan fingerprint density at radius 2 is 1.43 bits per heavy atom. The minimum atomic E-state index is 0.0440. The first-order valence-corrected chi connectivity index (χ1v) is 24.0. The zero-order valence-corrected chi connectivity index (χ0v) is 35.5. The van der Waals surface area contributed by atoms with Gasteiger partial charge in [0.25, 0.3) is 0 Å². The summed E-state index contributed by atoms with van der Waals surface area (Å²) in [6.07, 6.45) is 38.5. The lowest BCUT2D eigenvalue weighted by atomic mass is 9.64. The molecule has 9 aliphatic rings. The van der Waals surface area contributed by atoms with Crippen LogP contribution in [0, 0.1) is 5.92 Å². The number of aromatic nitrogens is 2. The third kappa shape index (κ3) is 5.47. The van der Waals surface area contributed by atoms with Crippen molar-refractivity contribution in [2.45, 2.75) is 132 Å². The summed E-state index contributed by atoms with van der Waals surface area (Å²) >= 11 is 0. The Labute approximate surface area is 361 Å². The van der Waals surface area contributed by atoms with E-state index in [0.29, 0.717) is 0 Å². The first kappa shape index (κ1) is 36.4. The SMILES string of the molecule is C1=CCC(c2nc(-c3ccccc3)cc(C3CC=CC4C5=C(CCC(C6=CCCC7=C6c6cc8c(cc6C76CCCCC6)-c6ccccc6C86CCCCC6)=C5)OC43)n2)C=C1. The first-order chi connectivity index (χ1) is 30.2. The molecule has 2 spiro atoms. The van der Waals surface area contributed by atoms with Gasteiger partial charge in [-0.05, 0) is 126 Å². The van der Waals surface area contributed by atoms with Crippen molar-refractivity contribution in [2.75, 3.05) is 0 Å². The van der Waals surface area contributed by atoms with Crippen molar-refractivity contribution in [1.82, 2.24) is 9.97 Å². The molecular weight excluding hydrogens is 741 g/mol. The summed E-state index contributed by atoms with van der Waals surface area (Å²) in [6, 6.07) is 28.0. The van der Waals surface area contributed by atoms with Crippen LogP contribution in [-0.4, -0.2) is 16.1 Å². The maximum absolute atomic E-state index is 7.15. The van der Waals surface area contributed by atoms with E-state index in [2.05, 4.69) is 121 Å². The summed E-state index contributed by atoms with van der Waals surface area (Å²) in [4.78, 5) is 10.6. The third-order valence-corrected chi connectivity index (χ3v) is 16.8. The molecule has 8 aliphatic carbocycles. The van der Waals surface area contributed by atoms with Crippen LogP contribution in [0.15, 0.2) is 149 Å². The molecule has 1 aliphatic heterocycles.